The van der Waals surface area contributed by atoms with Crippen molar-refractivity contribution in [2.24, 2.45) is 10.9 Å². The summed E-state index contributed by atoms with van der Waals surface area (Å²) in [6.45, 7) is 3.92. The number of β-amino-alcohol motifs (C(OH)–C–C–N with tert-alkyl or cyclic N) is 1. The van der Waals surface area contributed by atoms with Gasteiger partial charge in [0, 0.05) is 62.2 Å². The largest absolute Gasteiger partial charge is 0.391 e. The third kappa shape index (κ3) is 4.81. The number of nitrogens with zero attached hydrogens (tertiary/aromatic N) is 6. The van der Waals surface area contributed by atoms with E-state index in [0.717, 1.165) is 53.1 Å². The Morgan fingerprint density at radius 1 is 1.08 bits per heavy atom. The van der Waals surface area contributed by atoms with Gasteiger partial charge in [-0.05, 0) is 43.4 Å². The number of fused-ring (bicyclic) bond motifs is 1. The number of amides is 1. The zero-order valence-corrected chi connectivity index (χ0v) is 22.4. The second kappa shape index (κ2) is 10.6. The predicted molar refractivity (Wildman–Crippen MR) is 153 cm³/mol. The van der Waals surface area contributed by atoms with Crippen molar-refractivity contribution in [3.63, 3.8) is 0 Å². The van der Waals surface area contributed by atoms with Gasteiger partial charge < -0.3 is 19.9 Å². The summed E-state index contributed by atoms with van der Waals surface area (Å²) >= 11 is 0. The number of aliphatic hydroxyl groups excluding tert-OH is 1. The lowest BCUT2D eigenvalue weighted by atomic mass is 9.95. The fourth-order valence-corrected chi connectivity index (χ4v) is 6.00. The quantitative estimate of drug-likeness (QED) is 0.388. The molecule has 4 aromatic rings. The molecule has 0 radical (unpaired) electrons. The summed E-state index contributed by atoms with van der Waals surface area (Å²) in [5, 5.41) is 15.4. The molecule has 1 amide bonds. The molecule has 2 fully saturated rings. The van der Waals surface area contributed by atoms with Crippen molar-refractivity contribution < 1.29 is 9.90 Å². The molecular formula is C31H34N6O2. The topological polar surface area (TPSA) is 86.3 Å². The zero-order chi connectivity index (χ0) is 26.9. The minimum atomic E-state index is -0.466. The standard InChI is InChI=1S/C31H34N6O2/c1-21-18-37-29(33-30(21)35-19-23(17-32-2)28(38)20-35)16-26(34-37)27-14-8-9-15-36(27)31(39)25-13-7-6-12-24(25)22-10-4-3-5-11-22/h3-7,10-13,16-18,23,27-28,38H,8-9,14-15,19-20H2,1-2H3/b32-17+/t23-,27+,28+/m1/s1. The van der Waals surface area contributed by atoms with Gasteiger partial charge in [-0.1, -0.05) is 48.5 Å². The highest BCUT2D eigenvalue weighted by Crippen LogP contribution is 2.34. The molecule has 39 heavy (non-hydrogen) atoms. The van der Waals surface area contributed by atoms with Crippen LogP contribution in [0.4, 0.5) is 5.82 Å². The Bertz CT molecular complexity index is 1510. The Kier molecular flexibility index (Phi) is 6.87. The van der Waals surface area contributed by atoms with Gasteiger partial charge in [0.25, 0.3) is 5.91 Å². The Labute approximate surface area is 228 Å². The SMILES string of the molecule is C/N=C/[C@@H]1CN(c2nc3cc([C@@H]4CCCCN4C(=O)c4ccccc4-c4ccccc4)nn3cc2C)C[C@@H]1O. The molecule has 2 aliphatic rings. The lowest BCUT2D eigenvalue weighted by Gasteiger charge is -2.35. The number of anilines is 1. The van der Waals surface area contributed by atoms with Gasteiger partial charge in [0.2, 0.25) is 0 Å². The number of aromatic nitrogens is 3. The summed E-state index contributed by atoms with van der Waals surface area (Å²) in [5.41, 5.74) is 5.30. The van der Waals surface area contributed by atoms with Crippen molar-refractivity contribution in [1.29, 1.82) is 0 Å². The van der Waals surface area contributed by atoms with Crippen molar-refractivity contribution in [2.75, 3.05) is 31.6 Å². The van der Waals surface area contributed by atoms with Gasteiger partial charge in [-0.25, -0.2) is 9.50 Å². The lowest BCUT2D eigenvalue weighted by molar-refractivity contribution is 0.0606. The maximum atomic E-state index is 14.0. The average Bonchev–Trinajstić information content (AvgIpc) is 3.55. The number of likely N-dealkylation sites (tertiary alicyclic amines) is 1. The van der Waals surface area contributed by atoms with Crippen LogP contribution in [-0.2, 0) is 0 Å². The summed E-state index contributed by atoms with van der Waals surface area (Å²) in [6, 6.07) is 19.9. The second-order valence-electron chi connectivity index (χ2n) is 10.6. The summed E-state index contributed by atoms with van der Waals surface area (Å²) in [4.78, 5) is 27.2. The first-order valence-electron chi connectivity index (χ1n) is 13.7. The summed E-state index contributed by atoms with van der Waals surface area (Å²) in [5.74, 6) is 0.887. The number of aliphatic hydroxyl groups is 1. The van der Waals surface area contributed by atoms with Crippen LogP contribution in [0.1, 0.15) is 46.9 Å². The molecule has 6 rings (SSSR count). The summed E-state index contributed by atoms with van der Waals surface area (Å²) in [7, 11) is 1.73. The number of aryl methyl sites for hydroxylation is 1. The molecule has 1 N–H and O–H groups in total. The minimum Gasteiger partial charge on any atom is -0.391 e. The minimum absolute atomic E-state index is 0.00605. The fraction of sp³-hybridized carbons (Fsp3) is 0.355. The number of carbonyl (C=O) groups excluding carboxylic acids is 1. The highest BCUT2D eigenvalue weighted by molar-refractivity contribution is 6.01. The normalized spacial score (nSPS) is 21.8. The first kappa shape index (κ1) is 25.2. The lowest BCUT2D eigenvalue weighted by Crippen LogP contribution is -2.39. The van der Waals surface area contributed by atoms with Crippen molar-refractivity contribution in [3.05, 3.63) is 83.7 Å². The molecule has 0 spiro atoms. The van der Waals surface area contributed by atoms with E-state index in [1.165, 1.54) is 0 Å². The van der Waals surface area contributed by atoms with Gasteiger partial charge >= 0.3 is 0 Å². The van der Waals surface area contributed by atoms with Crippen molar-refractivity contribution in [2.45, 2.75) is 38.3 Å². The third-order valence-electron chi connectivity index (χ3n) is 7.94. The molecule has 0 aliphatic carbocycles. The first-order valence-corrected chi connectivity index (χ1v) is 13.7. The molecule has 4 heterocycles. The molecule has 8 heteroatoms. The molecule has 8 nitrogen and oxygen atoms in total. The number of carbonyl (C=O) groups is 1. The van der Waals surface area contributed by atoms with E-state index in [2.05, 4.69) is 9.89 Å². The van der Waals surface area contributed by atoms with E-state index in [1.54, 1.807) is 7.05 Å². The Balaban J connectivity index is 1.31. The summed E-state index contributed by atoms with van der Waals surface area (Å²) in [6.07, 6.45) is 6.24. The maximum absolute atomic E-state index is 14.0. The van der Waals surface area contributed by atoms with E-state index in [9.17, 15) is 9.90 Å². The van der Waals surface area contributed by atoms with E-state index < -0.39 is 6.10 Å². The molecule has 0 saturated carbocycles. The highest BCUT2D eigenvalue weighted by Gasteiger charge is 2.33. The molecule has 2 aliphatic heterocycles. The summed E-state index contributed by atoms with van der Waals surface area (Å²) < 4.78 is 1.82. The number of hydrogen-bond donors (Lipinski definition) is 1. The van der Waals surface area contributed by atoms with Crippen LogP contribution in [0.25, 0.3) is 16.8 Å². The van der Waals surface area contributed by atoms with Crippen LogP contribution in [0, 0.1) is 12.8 Å². The third-order valence-corrected chi connectivity index (χ3v) is 7.94. The van der Waals surface area contributed by atoms with Gasteiger partial charge in [-0.15, -0.1) is 0 Å². The van der Waals surface area contributed by atoms with Gasteiger partial charge in [0.05, 0.1) is 17.8 Å². The van der Waals surface area contributed by atoms with Crippen LogP contribution in [-0.4, -0.2) is 69.5 Å². The Morgan fingerprint density at radius 2 is 1.87 bits per heavy atom. The number of aliphatic imine (C=N–C) groups is 1. The number of piperidine rings is 1. The molecule has 3 atom stereocenters. The van der Waals surface area contributed by atoms with Crippen LogP contribution in [0.15, 0.2) is 71.9 Å². The average molecular weight is 523 g/mol. The van der Waals surface area contributed by atoms with E-state index in [-0.39, 0.29) is 17.9 Å². The van der Waals surface area contributed by atoms with E-state index in [0.29, 0.717) is 25.2 Å². The molecule has 2 aromatic carbocycles. The number of benzene rings is 2. The zero-order valence-electron chi connectivity index (χ0n) is 22.4. The van der Waals surface area contributed by atoms with Crippen LogP contribution >= 0.6 is 0 Å². The van der Waals surface area contributed by atoms with Crippen LogP contribution < -0.4 is 4.90 Å². The predicted octanol–water partition coefficient (Wildman–Crippen LogP) is 4.57. The van der Waals surface area contributed by atoms with Crippen LogP contribution in [0.3, 0.4) is 0 Å². The molecule has 2 aromatic heterocycles. The van der Waals surface area contributed by atoms with Crippen molar-refractivity contribution in [1.82, 2.24) is 19.5 Å². The van der Waals surface area contributed by atoms with Gasteiger partial charge in [-0.2, -0.15) is 5.10 Å². The first-order chi connectivity index (χ1) is 19.0. The highest BCUT2D eigenvalue weighted by atomic mass is 16.3. The fourth-order valence-electron chi connectivity index (χ4n) is 6.00. The number of hydrogen-bond acceptors (Lipinski definition) is 6. The van der Waals surface area contributed by atoms with Crippen molar-refractivity contribution in [3.8, 4) is 11.1 Å². The molecule has 2 saturated heterocycles. The smallest absolute Gasteiger partial charge is 0.255 e. The van der Waals surface area contributed by atoms with Crippen LogP contribution in [0.5, 0.6) is 0 Å². The van der Waals surface area contributed by atoms with E-state index >= 15 is 0 Å². The molecule has 0 bridgehead atoms. The second-order valence-corrected chi connectivity index (χ2v) is 10.6. The Morgan fingerprint density at radius 3 is 2.69 bits per heavy atom. The molecule has 0 unspecified atom stereocenters. The van der Waals surface area contributed by atoms with Gasteiger partial charge in [0.1, 0.15) is 5.82 Å². The maximum Gasteiger partial charge on any atom is 0.255 e. The van der Waals surface area contributed by atoms with Crippen LogP contribution in [0.2, 0.25) is 0 Å². The van der Waals surface area contributed by atoms with Crippen molar-refractivity contribution >= 4 is 23.6 Å². The number of rotatable bonds is 5. The monoisotopic (exact) mass is 522 g/mol. The van der Waals surface area contributed by atoms with E-state index in [1.807, 2.05) is 89.4 Å². The van der Waals surface area contributed by atoms with Gasteiger partial charge in [-0.3, -0.25) is 4.79 Å². The Hall–Kier alpha value is -4.04. The van der Waals surface area contributed by atoms with Gasteiger partial charge in [0.15, 0.2) is 5.65 Å². The molecular weight excluding hydrogens is 488 g/mol. The molecule has 200 valence electrons. The van der Waals surface area contributed by atoms with E-state index in [4.69, 9.17) is 10.1 Å².